The number of rotatable bonds is 9. The second-order valence-electron chi connectivity index (χ2n) is 7.94. The van der Waals surface area contributed by atoms with Crippen molar-refractivity contribution in [3.8, 4) is 11.3 Å². The van der Waals surface area contributed by atoms with Crippen LogP contribution in [0.3, 0.4) is 0 Å². The minimum absolute atomic E-state index is 0.652. The molecule has 2 N–H and O–H groups in total. The summed E-state index contributed by atoms with van der Waals surface area (Å²) in [6.07, 6.45) is 4.31. The molecule has 164 valence electrons. The van der Waals surface area contributed by atoms with Gasteiger partial charge < -0.3 is 24.8 Å². The van der Waals surface area contributed by atoms with Gasteiger partial charge in [0.05, 0.1) is 25.0 Å². The summed E-state index contributed by atoms with van der Waals surface area (Å²) in [5.41, 5.74) is 2.19. The zero-order valence-corrected chi connectivity index (χ0v) is 18.6. The number of aromatic amines is 1. The van der Waals surface area contributed by atoms with Crippen LogP contribution in [0.25, 0.3) is 11.3 Å². The van der Waals surface area contributed by atoms with E-state index in [0.29, 0.717) is 12.5 Å². The van der Waals surface area contributed by atoms with Gasteiger partial charge in [-0.3, -0.25) is 4.99 Å². The van der Waals surface area contributed by atoms with Gasteiger partial charge in [-0.15, -0.1) is 0 Å². The lowest BCUT2D eigenvalue weighted by Crippen LogP contribution is -2.40. The van der Waals surface area contributed by atoms with Crippen LogP contribution in [0.15, 0.2) is 41.5 Å². The third kappa shape index (κ3) is 6.57. The number of aliphatic imine (C=N–C) groups is 1. The lowest BCUT2D eigenvalue weighted by molar-refractivity contribution is 0.121. The van der Waals surface area contributed by atoms with E-state index in [1.54, 1.807) is 7.11 Å². The van der Waals surface area contributed by atoms with Crippen molar-refractivity contribution in [2.24, 2.45) is 10.9 Å². The minimum atomic E-state index is 0.652. The number of ether oxygens (including phenoxy) is 1. The molecule has 0 bridgehead atoms. The zero-order chi connectivity index (χ0) is 21.2. The number of nitrogens with zero attached hydrogens (tertiary/aromatic N) is 4. The predicted molar refractivity (Wildman–Crippen MR) is 123 cm³/mol. The van der Waals surface area contributed by atoms with Crippen LogP contribution in [0.2, 0.25) is 0 Å². The summed E-state index contributed by atoms with van der Waals surface area (Å²) >= 11 is 0. The highest BCUT2D eigenvalue weighted by Gasteiger charge is 2.19. The van der Waals surface area contributed by atoms with Crippen molar-refractivity contribution in [2.45, 2.75) is 26.3 Å². The van der Waals surface area contributed by atoms with Gasteiger partial charge in [-0.1, -0.05) is 30.3 Å². The van der Waals surface area contributed by atoms with Gasteiger partial charge in [0.1, 0.15) is 5.82 Å². The normalized spacial score (nSPS) is 16.0. The highest BCUT2D eigenvalue weighted by molar-refractivity contribution is 5.79. The van der Waals surface area contributed by atoms with Gasteiger partial charge in [0.25, 0.3) is 0 Å². The van der Waals surface area contributed by atoms with Crippen molar-refractivity contribution >= 4 is 5.96 Å². The molecule has 1 aliphatic rings. The third-order valence-electron chi connectivity index (χ3n) is 5.61. The first-order chi connectivity index (χ1) is 14.7. The van der Waals surface area contributed by atoms with Crippen LogP contribution in [0, 0.1) is 5.92 Å². The van der Waals surface area contributed by atoms with Gasteiger partial charge in [-0.25, -0.2) is 4.98 Å². The fourth-order valence-electron chi connectivity index (χ4n) is 3.81. The smallest absolute Gasteiger partial charge is 0.194 e. The molecule has 2 heterocycles. The Bertz CT molecular complexity index is 767. The standard InChI is InChI=1S/C23H36N6O/c1-4-24-23(26-16-19-10-12-29(13-11-19)14-15-30-3)28(2)18-22-25-17-21(27-22)20-8-6-5-7-9-20/h5-9,17,19H,4,10-16,18H2,1-3H3,(H,24,26)(H,25,27). The number of guanidine groups is 1. The molecule has 3 rings (SSSR count). The number of nitrogens with one attached hydrogen (secondary N) is 2. The maximum Gasteiger partial charge on any atom is 0.194 e. The van der Waals surface area contributed by atoms with Crippen molar-refractivity contribution in [1.82, 2.24) is 25.1 Å². The van der Waals surface area contributed by atoms with Crippen LogP contribution in [-0.2, 0) is 11.3 Å². The molecule has 7 heteroatoms. The van der Waals surface area contributed by atoms with Crippen molar-refractivity contribution < 1.29 is 4.74 Å². The summed E-state index contributed by atoms with van der Waals surface area (Å²) in [6.45, 7) is 8.66. The van der Waals surface area contributed by atoms with Gasteiger partial charge in [0, 0.05) is 33.8 Å². The molecule has 0 amide bonds. The van der Waals surface area contributed by atoms with Crippen LogP contribution < -0.4 is 5.32 Å². The molecule has 1 aliphatic heterocycles. The van der Waals surface area contributed by atoms with Crippen LogP contribution in [0.5, 0.6) is 0 Å². The maximum atomic E-state index is 5.19. The Labute approximate surface area is 180 Å². The molecular formula is C23H36N6O. The van der Waals surface area contributed by atoms with Crippen LogP contribution in [-0.4, -0.2) is 79.2 Å². The van der Waals surface area contributed by atoms with E-state index >= 15 is 0 Å². The second kappa shape index (κ2) is 11.7. The highest BCUT2D eigenvalue weighted by atomic mass is 16.5. The number of hydrogen-bond donors (Lipinski definition) is 2. The molecule has 7 nitrogen and oxygen atoms in total. The summed E-state index contributed by atoms with van der Waals surface area (Å²) in [4.78, 5) is 17.6. The van der Waals surface area contributed by atoms with Crippen molar-refractivity contribution in [3.63, 3.8) is 0 Å². The van der Waals surface area contributed by atoms with Crippen LogP contribution >= 0.6 is 0 Å². The monoisotopic (exact) mass is 412 g/mol. The van der Waals surface area contributed by atoms with E-state index in [4.69, 9.17) is 9.73 Å². The average molecular weight is 413 g/mol. The van der Waals surface area contributed by atoms with Gasteiger partial charge in [-0.2, -0.15) is 0 Å². The Morgan fingerprint density at radius 1 is 1.30 bits per heavy atom. The summed E-state index contributed by atoms with van der Waals surface area (Å²) in [5.74, 6) is 2.53. The first kappa shape index (κ1) is 22.3. The number of methoxy groups -OCH3 is 1. The zero-order valence-electron chi connectivity index (χ0n) is 18.6. The highest BCUT2D eigenvalue weighted by Crippen LogP contribution is 2.18. The predicted octanol–water partition coefficient (Wildman–Crippen LogP) is 2.83. The van der Waals surface area contributed by atoms with Crippen LogP contribution in [0.1, 0.15) is 25.6 Å². The van der Waals surface area contributed by atoms with Crippen molar-refractivity contribution in [1.29, 1.82) is 0 Å². The van der Waals surface area contributed by atoms with Gasteiger partial charge >= 0.3 is 0 Å². The largest absolute Gasteiger partial charge is 0.383 e. The number of likely N-dealkylation sites (tertiary alicyclic amines) is 1. The van der Waals surface area contributed by atoms with E-state index in [2.05, 4.69) is 51.2 Å². The molecule has 2 aromatic rings. The van der Waals surface area contributed by atoms with E-state index in [-0.39, 0.29) is 0 Å². The summed E-state index contributed by atoms with van der Waals surface area (Å²) in [6, 6.07) is 10.3. The third-order valence-corrected chi connectivity index (χ3v) is 5.61. The number of piperidine rings is 1. The van der Waals surface area contributed by atoms with Crippen LogP contribution in [0.4, 0.5) is 0 Å². The number of benzene rings is 1. The Hall–Kier alpha value is -2.38. The van der Waals surface area contributed by atoms with E-state index < -0.39 is 0 Å². The second-order valence-corrected chi connectivity index (χ2v) is 7.94. The average Bonchev–Trinajstić information content (AvgIpc) is 3.25. The van der Waals surface area contributed by atoms with E-state index in [1.165, 1.54) is 12.8 Å². The number of imidazole rings is 1. The van der Waals surface area contributed by atoms with Gasteiger partial charge in [0.2, 0.25) is 0 Å². The van der Waals surface area contributed by atoms with Gasteiger partial charge in [0.15, 0.2) is 5.96 Å². The molecule has 0 radical (unpaired) electrons. The topological polar surface area (TPSA) is 68.8 Å². The molecule has 0 aliphatic carbocycles. The molecule has 0 unspecified atom stereocenters. The van der Waals surface area contributed by atoms with Crippen molar-refractivity contribution in [2.75, 3.05) is 53.5 Å². The lowest BCUT2D eigenvalue weighted by Gasteiger charge is -2.31. The fourth-order valence-corrected chi connectivity index (χ4v) is 3.81. The Kier molecular flexibility index (Phi) is 8.71. The molecule has 0 atom stereocenters. The molecule has 1 fully saturated rings. The molecule has 1 saturated heterocycles. The molecule has 30 heavy (non-hydrogen) atoms. The summed E-state index contributed by atoms with van der Waals surface area (Å²) in [5, 5.41) is 3.42. The molecular weight excluding hydrogens is 376 g/mol. The summed E-state index contributed by atoms with van der Waals surface area (Å²) < 4.78 is 5.19. The van der Waals surface area contributed by atoms with E-state index in [9.17, 15) is 0 Å². The molecule has 0 spiro atoms. The van der Waals surface area contributed by atoms with E-state index in [1.807, 2.05) is 24.4 Å². The SMILES string of the molecule is CCNC(=NCC1CCN(CCOC)CC1)N(C)Cc1ncc(-c2ccccc2)[nH]1. The first-order valence-electron chi connectivity index (χ1n) is 11.0. The Balaban J connectivity index is 1.53. The Morgan fingerprint density at radius 3 is 2.77 bits per heavy atom. The lowest BCUT2D eigenvalue weighted by atomic mass is 9.97. The Morgan fingerprint density at radius 2 is 2.07 bits per heavy atom. The maximum absolute atomic E-state index is 5.19. The molecule has 1 aromatic heterocycles. The number of hydrogen-bond acceptors (Lipinski definition) is 4. The summed E-state index contributed by atoms with van der Waals surface area (Å²) in [7, 11) is 3.84. The fraction of sp³-hybridized carbons (Fsp3) is 0.565. The number of aromatic nitrogens is 2. The quantitative estimate of drug-likeness (QED) is 0.490. The first-order valence-corrected chi connectivity index (χ1v) is 11.0. The molecule has 1 aromatic carbocycles. The molecule has 0 saturated carbocycles. The van der Waals surface area contributed by atoms with Crippen molar-refractivity contribution in [3.05, 3.63) is 42.4 Å². The van der Waals surface area contributed by atoms with E-state index in [0.717, 1.165) is 62.4 Å². The number of H-pyrrole nitrogens is 1. The minimum Gasteiger partial charge on any atom is -0.383 e. The van der Waals surface area contributed by atoms with Gasteiger partial charge in [-0.05, 0) is 44.3 Å².